The van der Waals surface area contributed by atoms with Crippen molar-refractivity contribution >= 4 is 34.8 Å². The topological polar surface area (TPSA) is 78.7 Å². The third-order valence-corrected chi connectivity index (χ3v) is 6.04. The van der Waals surface area contributed by atoms with Crippen LogP contribution in [0.2, 0.25) is 4.34 Å². The Morgan fingerprint density at radius 2 is 2.27 bits per heavy atom. The van der Waals surface area contributed by atoms with E-state index in [0.29, 0.717) is 36.3 Å². The Morgan fingerprint density at radius 3 is 3.04 bits per heavy atom. The van der Waals surface area contributed by atoms with Crippen LogP contribution in [0.25, 0.3) is 10.6 Å². The van der Waals surface area contributed by atoms with Gasteiger partial charge in [-0.15, -0.1) is 11.3 Å². The highest BCUT2D eigenvalue weighted by Gasteiger charge is 2.32. The summed E-state index contributed by atoms with van der Waals surface area (Å²) in [6.07, 6.45) is 1.80. The first-order chi connectivity index (χ1) is 12.6. The normalized spacial score (nSPS) is 21.3. The number of piperazine rings is 1. The van der Waals surface area contributed by atoms with Crippen LogP contribution in [0.4, 0.5) is 0 Å². The third kappa shape index (κ3) is 3.49. The number of carbonyl (C=O) groups excluding carboxylic acids is 2. The van der Waals surface area contributed by atoms with Crippen molar-refractivity contribution in [1.82, 2.24) is 20.3 Å². The van der Waals surface area contributed by atoms with Gasteiger partial charge in [-0.1, -0.05) is 16.8 Å². The van der Waals surface area contributed by atoms with Crippen molar-refractivity contribution in [3.8, 4) is 10.6 Å². The number of halogens is 1. The smallest absolute Gasteiger partial charge is 0.276 e. The Labute approximate surface area is 159 Å². The Kier molecular flexibility index (Phi) is 4.97. The number of nitrogens with zero attached hydrogens (tertiary/aromatic N) is 3. The van der Waals surface area contributed by atoms with Crippen LogP contribution in [0.1, 0.15) is 23.3 Å². The lowest BCUT2D eigenvalue weighted by Crippen LogP contribution is -2.57. The molecule has 2 amide bonds. The SMILES string of the molecule is O=C(c1cc(-c2ccc(Cl)s2)on1)N1CCCC(N2CCNCC2=O)C1. The summed E-state index contributed by atoms with van der Waals surface area (Å²) in [4.78, 5) is 29.5. The van der Waals surface area contributed by atoms with Crippen LogP contribution in [-0.2, 0) is 4.79 Å². The molecule has 0 aromatic carbocycles. The predicted octanol–water partition coefficient (Wildman–Crippen LogP) is 2.09. The minimum Gasteiger partial charge on any atom is -0.355 e. The second-order valence-corrected chi connectivity index (χ2v) is 8.21. The molecule has 2 aliphatic heterocycles. The molecule has 0 aliphatic carbocycles. The molecule has 1 N–H and O–H groups in total. The fourth-order valence-corrected chi connectivity index (χ4v) is 4.49. The number of rotatable bonds is 3. The number of piperidine rings is 1. The van der Waals surface area contributed by atoms with Crippen molar-refractivity contribution in [2.75, 3.05) is 32.7 Å². The number of hydrogen-bond donors (Lipinski definition) is 1. The van der Waals surface area contributed by atoms with E-state index in [1.54, 1.807) is 17.0 Å². The summed E-state index contributed by atoms with van der Waals surface area (Å²) < 4.78 is 5.97. The zero-order valence-electron chi connectivity index (χ0n) is 14.1. The van der Waals surface area contributed by atoms with Crippen molar-refractivity contribution < 1.29 is 14.1 Å². The zero-order chi connectivity index (χ0) is 18.1. The van der Waals surface area contributed by atoms with Gasteiger partial charge in [-0.25, -0.2) is 0 Å². The average molecular weight is 395 g/mol. The molecule has 4 heterocycles. The fraction of sp³-hybridized carbons (Fsp3) is 0.471. The van der Waals surface area contributed by atoms with Crippen LogP contribution in [0, 0.1) is 0 Å². The molecule has 0 spiro atoms. The predicted molar refractivity (Wildman–Crippen MR) is 98.3 cm³/mol. The van der Waals surface area contributed by atoms with E-state index in [-0.39, 0.29) is 23.6 Å². The minimum atomic E-state index is -0.157. The quantitative estimate of drug-likeness (QED) is 0.862. The van der Waals surface area contributed by atoms with Gasteiger partial charge in [-0.3, -0.25) is 9.59 Å². The fourth-order valence-electron chi connectivity index (χ4n) is 3.50. The summed E-state index contributed by atoms with van der Waals surface area (Å²) in [6.45, 7) is 3.08. The first-order valence-corrected chi connectivity index (χ1v) is 9.83. The molecule has 26 heavy (non-hydrogen) atoms. The zero-order valence-corrected chi connectivity index (χ0v) is 15.7. The molecule has 1 atom stereocenters. The first-order valence-electron chi connectivity index (χ1n) is 8.64. The number of carbonyl (C=O) groups is 2. The summed E-state index contributed by atoms with van der Waals surface area (Å²) in [5.74, 6) is 0.486. The van der Waals surface area contributed by atoms with Crippen LogP contribution in [0.5, 0.6) is 0 Å². The van der Waals surface area contributed by atoms with Crippen molar-refractivity contribution in [2.45, 2.75) is 18.9 Å². The van der Waals surface area contributed by atoms with Crippen molar-refractivity contribution in [1.29, 1.82) is 0 Å². The second kappa shape index (κ2) is 7.38. The van der Waals surface area contributed by atoms with Crippen LogP contribution in [-0.4, -0.2) is 65.5 Å². The van der Waals surface area contributed by atoms with Gasteiger partial charge in [0.25, 0.3) is 5.91 Å². The number of aromatic nitrogens is 1. The molecule has 4 rings (SSSR count). The number of amides is 2. The first kappa shape index (κ1) is 17.5. The molecule has 2 aliphatic rings. The number of likely N-dealkylation sites (tertiary alicyclic amines) is 1. The monoisotopic (exact) mass is 394 g/mol. The van der Waals surface area contributed by atoms with E-state index in [0.717, 1.165) is 24.3 Å². The van der Waals surface area contributed by atoms with Gasteiger partial charge in [-0.2, -0.15) is 0 Å². The standard InChI is InChI=1S/C17H19ClN4O3S/c18-15-4-3-14(26-15)13-8-12(20-25-13)17(24)21-6-1-2-11(10-21)22-7-5-19-9-16(22)23/h3-4,8,11,19H,1-2,5-7,9-10H2. The average Bonchev–Trinajstić information content (AvgIpc) is 3.30. The molecule has 2 aromatic heterocycles. The van der Waals surface area contributed by atoms with Crippen molar-refractivity contribution in [2.24, 2.45) is 0 Å². The maximum Gasteiger partial charge on any atom is 0.276 e. The van der Waals surface area contributed by atoms with Crippen molar-refractivity contribution in [3.05, 3.63) is 28.2 Å². The Hall–Kier alpha value is -1.90. The van der Waals surface area contributed by atoms with Gasteiger partial charge < -0.3 is 19.6 Å². The molecule has 9 heteroatoms. The van der Waals surface area contributed by atoms with E-state index in [1.807, 2.05) is 11.0 Å². The molecule has 0 radical (unpaired) electrons. The summed E-state index contributed by atoms with van der Waals surface area (Å²) in [5, 5.41) is 7.02. The Bertz CT molecular complexity index is 821. The maximum atomic E-state index is 12.8. The van der Waals surface area contributed by atoms with Gasteiger partial charge in [-0.05, 0) is 25.0 Å². The van der Waals surface area contributed by atoms with Crippen LogP contribution in [0.3, 0.4) is 0 Å². The van der Waals surface area contributed by atoms with E-state index in [9.17, 15) is 9.59 Å². The van der Waals surface area contributed by atoms with Gasteiger partial charge in [0.2, 0.25) is 5.91 Å². The summed E-state index contributed by atoms with van der Waals surface area (Å²) in [7, 11) is 0. The highest BCUT2D eigenvalue weighted by atomic mass is 35.5. The summed E-state index contributed by atoms with van der Waals surface area (Å²) in [5.41, 5.74) is 0.289. The minimum absolute atomic E-state index is 0.0739. The van der Waals surface area contributed by atoms with Gasteiger partial charge in [0.1, 0.15) is 0 Å². The highest BCUT2D eigenvalue weighted by Crippen LogP contribution is 2.31. The van der Waals surface area contributed by atoms with E-state index in [4.69, 9.17) is 16.1 Å². The lowest BCUT2D eigenvalue weighted by Gasteiger charge is -2.40. The molecule has 138 valence electrons. The van der Waals surface area contributed by atoms with E-state index in [2.05, 4.69) is 10.5 Å². The highest BCUT2D eigenvalue weighted by molar-refractivity contribution is 7.19. The van der Waals surface area contributed by atoms with Crippen LogP contribution >= 0.6 is 22.9 Å². The molecule has 0 bridgehead atoms. The number of hydrogen-bond acceptors (Lipinski definition) is 6. The largest absolute Gasteiger partial charge is 0.355 e. The molecule has 7 nitrogen and oxygen atoms in total. The van der Waals surface area contributed by atoms with Gasteiger partial charge in [0.05, 0.1) is 15.8 Å². The van der Waals surface area contributed by atoms with E-state index >= 15 is 0 Å². The molecular weight excluding hydrogens is 376 g/mol. The summed E-state index contributed by atoms with van der Waals surface area (Å²) in [6, 6.07) is 5.36. The maximum absolute atomic E-state index is 12.8. The lowest BCUT2D eigenvalue weighted by molar-refractivity contribution is -0.135. The molecule has 2 saturated heterocycles. The Morgan fingerprint density at radius 1 is 1.38 bits per heavy atom. The van der Waals surface area contributed by atoms with Gasteiger partial charge >= 0.3 is 0 Å². The van der Waals surface area contributed by atoms with Gasteiger partial charge in [0, 0.05) is 38.3 Å². The molecule has 0 saturated carbocycles. The third-order valence-electron chi connectivity index (χ3n) is 4.80. The van der Waals surface area contributed by atoms with Crippen LogP contribution in [0.15, 0.2) is 22.7 Å². The van der Waals surface area contributed by atoms with E-state index < -0.39 is 0 Å². The van der Waals surface area contributed by atoms with Gasteiger partial charge in [0.15, 0.2) is 11.5 Å². The van der Waals surface area contributed by atoms with Crippen molar-refractivity contribution in [3.63, 3.8) is 0 Å². The summed E-state index contributed by atoms with van der Waals surface area (Å²) >= 11 is 7.33. The Balaban J connectivity index is 1.46. The molecular formula is C17H19ClN4O3S. The molecule has 2 fully saturated rings. The van der Waals surface area contributed by atoms with E-state index in [1.165, 1.54) is 11.3 Å². The lowest BCUT2D eigenvalue weighted by atomic mass is 10.0. The van der Waals surface area contributed by atoms with Crippen LogP contribution < -0.4 is 5.32 Å². The second-order valence-electron chi connectivity index (χ2n) is 6.49. The molecule has 1 unspecified atom stereocenters. The number of nitrogens with one attached hydrogen (secondary N) is 1. The number of thiophene rings is 1. The molecule has 2 aromatic rings.